The van der Waals surface area contributed by atoms with Gasteiger partial charge in [-0.2, -0.15) is 0 Å². The zero-order chi connectivity index (χ0) is 5.82. The Kier molecular flexibility index (Phi) is 1.67. The van der Waals surface area contributed by atoms with Crippen LogP contribution in [0, 0.1) is 6.20 Å². The molecule has 2 heteroatoms. The van der Waals surface area contributed by atoms with E-state index in [4.69, 9.17) is 4.52 Å². The number of aromatic nitrogens is 1. The number of hydrogen-bond donors (Lipinski definition) is 0. The molecule has 1 heterocycles. The van der Waals surface area contributed by atoms with E-state index >= 15 is 0 Å². The molecule has 43 valence electrons. The minimum atomic E-state index is 0.924. The molecule has 2 nitrogen and oxygen atoms in total. The third kappa shape index (κ3) is 1.09. The summed E-state index contributed by atoms with van der Waals surface area (Å²) in [6.45, 7) is 2.10. The minimum absolute atomic E-state index is 0.924. The molecule has 1 rings (SSSR count). The van der Waals surface area contributed by atoms with Gasteiger partial charge in [0.2, 0.25) is 0 Å². The lowest BCUT2D eigenvalue weighted by atomic mass is 10.3. The van der Waals surface area contributed by atoms with Crippen LogP contribution in [0.15, 0.2) is 10.6 Å². The molecular formula is C6H8NO. The lowest BCUT2D eigenvalue weighted by molar-refractivity contribution is 0.381. The Hall–Kier alpha value is -0.790. The second-order valence-corrected chi connectivity index (χ2v) is 1.67. The van der Waals surface area contributed by atoms with E-state index in [-0.39, 0.29) is 0 Å². The minimum Gasteiger partial charge on any atom is -0.361 e. The van der Waals surface area contributed by atoms with Crippen molar-refractivity contribution < 1.29 is 4.52 Å². The van der Waals surface area contributed by atoms with Crippen molar-refractivity contribution in [1.82, 2.24) is 5.16 Å². The summed E-state index contributed by atoms with van der Waals surface area (Å²) in [5, 5.41) is 3.44. The van der Waals surface area contributed by atoms with Crippen LogP contribution in [0.4, 0.5) is 0 Å². The summed E-state index contributed by atoms with van der Waals surface area (Å²) in [6.07, 6.45) is 4.67. The lowest BCUT2D eigenvalue weighted by Crippen LogP contribution is -1.74. The van der Waals surface area contributed by atoms with Gasteiger partial charge in [0.05, 0.1) is 0 Å². The quantitative estimate of drug-likeness (QED) is 0.575. The van der Waals surface area contributed by atoms with Crippen LogP contribution < -0.4 is 0 Å². The van der Waals surface area contributed by atoms with Gasteiger partial charge >= 0.3 is 0 Å². The van der Waals surface area contributed by atoms with E-state index in [0.717, 1.165) is 18.6 Å². The highest BCUT2D eigenvalue weighted by molar-refractivity contribution is 4.90. The molecule has 0 bridgehead atoms. The number of hydrogen-bond acceptors (Lipinski definition) is 2. The molecule has 8 heavy (non-hydrogen) atoms. The van der Waals surface area contributed by atoms with Gasteiger partial charge in [0.1, 0.15) is 12.0 Å². The highest BCUT2D eigenvalue weighted by atomic mass is 16.5. The molecule has 0 aliphatic rings. The average molecular weight is 110 g/mol. The van der Waals surface area contributed by atoms with Crippen molar-refractivity contribution >= 4 is 0 Å². The van der Waals surface area contributed by atoms with Gasteiger partial charge in [0.25, 0.3) is 0 Å². The van der Waals surface area contributed by atoms with Crippen molar-refractivity contribution in [2.45, 2.75) is 19.8 Å². The zero-order valence-electron chi connectivity index (χ0n) is 4.85. The topological polar surface area (TPSA) is 26.0 Å². The van der Waals surface area contributed by atoms with Gasteiger partial charge in [-0.1, -0.05) is 12.1 Å². The first kappa shape index (κ1) is 5.35. The number of nitrogens with zero attached hydrogens (tertiary/aromatic N) is 1. The summed E-state index contributed by atoms with van der Waals surface area (Å²) < 4.78 is 4.77. The summed E-state index contributed by atoms with van der Waals surface area (Å²) in [6, 6.07) is 1.77. The lowest BCUT2D eigenvalue weighted by Gasteiger charge is -1.83. The molecule has 0 amide bonds. The Bertz CT molecular complexity index is 134. The van der Waals surface area contributed by atoms with Crippen molar-refractivity contribution in [2.24, 2.45) is 0 Å². The molecule has 0 fully saturated rings. The van der Waals surface area contributed by atoms with Crippen LogP contribution in [0.2, 0.25) is 0 Å². The highest BCUT2D eigenvalue weighted by Crippen LogP contribution is 1.98. The van der Waals surface area contributed by atoms with Crippen LogP contribution >= 0.6 is 0 Å². The van der Waals surface area contributed by atoms with Crippen LogP contribution in [0.25, 0.3) is 0 Å². The molecule has 0 unspecified atom stereocenters. The van der Waals surface area contributed by atoms with Gasteiger partial charge in [0, 0.05) is 12.5 Å². The molecule has 0 aliphatic carbocycles. The largest absolute Gasteiger partial charge is 0.361 e. The Morgan fingerprint density at radius 2 is 2.75 bits per heavy atom. The van der Waals surface area contributed by atoms with Crippen molar-refractivity contribution in [1.29, 1.82) is 0 Å². The van der Waals surface area contributed by atoms with E-state index in [0.29, 0.717) is 0 Å². The van der Waals surface area contributed by atoms with Gasteiger partial charge in [-0.3, -0.25) is 0 Å². The van der Waals surface area contributed by atoms with E-state index in [9.17, 15) is 0 Å². The summed E-state index contributed by atoms with van der Waals surface area (Å²) >= 11 is 0. The van der Waals surface area contributed by atoms with Gasteiger partial charge in [-0.25, -0.2) is 0 Å². The predicted molar refractivity (Wildman–Crippen MR) is 29.3 cm³/mol. The second-order valence-electron chi connectivity index (χ2n) is 1.67. The molecule has 0 aliphatic heterocycles. The molecule has 0 saturated carbocycles. The highest BCUT2D eigenvalue weighted by Gasteiger charge is 1.91. The standard InChI is InChI=1S/C6H8NO/c1-2-3-6-4-5-7-8-6/h4H,2-3H2,1H3. The fourth-order valence-electron chi connectivity index (χ4n) is 0.574. The average Bonchev–Trinajstić information content (AvgIpc) is 2.19. The third-order valence-corrected chi connectivity index (χ3v) is 0.938. The first-order chi connectivity index (χ1) is 3.93. The van der Waals surface area contributed by atoms with Crippen LogP contribution in [-0.2, 0) is 6.42 Å². The van der Waals surface area contributed by atoms with Crippen LogP contribution in [0.3, 0.4) is 0 Å². The first-order valence-corrected chi connectivity index (χ1v) is 2.75. The van der Waals surface area contributed by atoms with Crippen molar-refractivity contribution in [3.63, 3.8) is 0 Å². The predicted octanol–water partition coefficient (Wildman–Crippen LogP) is 1.43. The van der Waals surface area contributed by atoms with E-state index in [1.165, 1.54) is 0 Å². The Labute approximate surface area is 48.5 Å². The van der Waals surface area contributed by atoms with Crippen molar-refractivity contribution in [3.05, 3.63) is 18.0 Å². The molecule has 0 atom stereocenters. The van der Waals surface area contributed by atoms with E-state index in [1.54, 1.807) is 6.07 Å². The number of rotatable bonds is 2. The Balaban J connectivity index is 2.50. The van der Waals surface area contributed by atoms with Gasteiger partial charge in [0.15, 0.2) is 0 Å². The maximum atomic E-state index is 4.77. The van der Waals surface area contributed by atoms with E-state index in [1.807, 2.05) is 0 Å². The zero-order valence-corrected chi connectivity index (χ0v) is 4.85. The SMILES string of the molecule is CCCc1c[c]no1. The second kappa shape index (κ2) is 2.50. The monoisotopic (exact) mass is 110 g/mol. The smallest absolute Gasteiger partial charge is 0.137 e. The van der Waals surface area contributed by atoms with E-state index < -0.39 is 0 Å². The van der Waals surface area contributed by atoms with Gasteiger partial charge in [-0.05, 0) is 6.42 Å². The van der Waals surface area contributed by atoms with E-state index in [2.05, 4.69) is 18.3 Å². The summed E-state index contributed by atoms with van der Waals surface area (Å²) in [7, 11) is 0. The van der Waals surface area contributed by atoms with Gasteiger partial charge < -0.3 is 4.52 Å². The molecule has 0 aromatic carbocycles. The summed E-state index contributed by atoms with van der Waals surface area (Å²) in [5.41, 5.74) is 0. The first-order valence-electron chi connectivity index (χ1n) is 2.75. The van der Waals surface area contributed by atoms with Gasteiger partial charge in [-0.15, -0.1) is 0 Å². The van der Waals surface area contributed by atoms with Crippen LogP contribution in [-0.4, -0.2) is 5.16 Å². The van der Waals surface area contributed by atoms with Crippen molar-refractivity contribution in [3.8, 4) is 0 Å². The van der Waals surface area contributed by atoms with Crippen LogP contribution in [0.5, 0.6) is 0 Å². The molecule has 1 radical (unpaired) electrons. The molecule has 1 aromatic heterocycles. The molecule has 1 aromatic rings. The maximum absolute atomic E-state index is 4.77. The molecule has 0 spiro atoms. The summed E-state index contributed by atoms with van der Waals surface area (Å²) in [5.74, 6) is 0.924. The Morgan fingerprint density at radius 1 is 1.88 bits per heavy atom. The molecular weight excluding hydrogens is 102 g/mol. The number of aryl methyl sites for hydroxylation is 1. The Morgan fingerprint density at radius 3 is 3.25 bits per heavy atom. The summed E-state index contributed by atoms with van der Waals surface area (Å²) in [4.78, 5) is 0. The normalized spacial score (nSPS) is 9.62. The molecule has 0 N–H and O–H groups in total. The third-order valence-electron chi connectivity index (χ3n) is 0.938. The van der Waals surface area contributed by atoms with Crippen LogP contribution in [0.1, 0.15) is 19.1 Å². The molecule has 0 saturated heterocycles. The maximum Gasteiger partial charge on any atom is 0.137 e. The fourth-order valence-corrected chi connectivity index (χ4v) is 0.574. The van der Waals surface area contributed by atoms with Crippen molar-refractivity contribution in [2.75, 3.05) is 0 Å². The fraction of sp³-hybridized carbons (Fsp3) is 0.500.